The van der Waals surface area contributed by atoms with Gasteiger partial charge >= 0.3 is 12.4 Å². The topological polar surface area (TPSA) is 17.1 Å². The Balaban J connectivity index is 2.45. The molecule has 0 saturated heterocycles. The molecule has 1 aromatic rings. The van der Waals surface area contributed by atoms with Crippen molar-refractivity contribution >= 4 is 5.78 Å². The molecule has 2 atom stereocenters. The summed E-state index contributed by atoms with van der Waals surface area (Å²) in [6.07, 6.45) is -9.40. The van der Waals surface area contributed by atoms with Crippen LogP contribution in [0.1, 0.15) is 36.0 Å². The van der Waals surface area contributed by atoms with Gasteiger partial charge in [0.2, 0.25) is 0 Å². The van der Waals surface area contributed by atoms with Crippen LogP contribution >= 0.6 is 0 Å². The van der Waals surface area contributed by atoms with Crippen molar-refractivity contribution in [3.63, 3.8) is 0 Å². The maximum atomic E-state index is 12.6. The molecule has 2 unspecified atom stereocenters. The molecule has 0 N–H and O–H groups in total. The Labute approximate surface area is 110 Å². The van der Waals surface area contributed by atoms with Gasteiger partial charge in [-0.25, -0.2) is 0 Å². The van der Waals surface area contributed by atoms with Crippen molar-refractivity contribution < 1.29 is 31.1 Å². The summed E-state index contributed by atoms with van der Waals surface area (Å²) in [5, 5.41) is 0. The lowest BCUT2D eigenvalue weighted by atomic mass is 10.0. The summed E-state index contributed by atoms with van der Waals surface area (Å²) >= 11 is 0. The van der Waals surface area contributed by atoms with Crippen LogP contribution in [0.4, 0.5) is 26.3 Å². The summed E-state index contributed by atoms with van der Waals surface area (Å²) in [5.74, 6) is -1.24. The highest BCUT2D eigenvalue weighted by atomic mass is 19.4. The van der Waals surface area contributed by atoms with E-state index in [0.717, 1.165) is 0 Å². The number of halogens is 6. The number of carbonyl (C=O) groups is 1. The molecule has 0 heterocycles. The maximum absolute atomic E-state index is 12.6. The van der Waals surface area contributed by atoms with Crippen LogP contribution in [0.15, 0.2) is 18.2 Å². The van der Waals surface area contributed by atoms with Crippen molar-refractivity contribution in [2.75, 3.05) is 0 Å². The van der Waals surface area contributed by atoms with Crippen molar-refractivity contribution in [3.05, 3.63) is 34.9 Å². The molecular formula is C13H10F6O. The summed E-state index contributed by atoms with van der Waals surface area (Å²) in [6.45, 7) is 1.28. The number of hydrogen-bond acceptors (Lipinski definition) is 1. The molecule has 0 amide bonds. The minimum atomic E-state index is -4.85. The van der Waals surface area contributed by atoms with Gasteiger partial charge in [0.05, 0.1) is 11.1 Å². The Hall–Kier alpha value is -1.53. The molecule has 1 aromatic carbocycles. The van der Waals surface area contributed by atoms with Gasteiger partial charge in [-0.3, -0.25) is 4.79 Å². The van der Waals surface area contributed by atoms with Gasteiger partial charge in [0.1, 0.15) is 5.78 Å². The fourth-order valence-corrected chi connectivity index (χ4v) is 2.21. The van der Waals surface area contributed by atoms with Crippen molar-refractivity contribution in [1.82, 2.24) is 0 Å². The van der Waals surface area contributed by atoms with Crippen LogP contribution in [0.3, 0.4) is 0 Å². The molecule has 20 heavy (non-hydrogen) atoms. The number of rotatable bonds is 2. The highest BCUT2D eigenvalue weighted by Crippen LogP contribution is 2.50. The van der Waals surface area contributed by atoms with Crippen molar-refractivity contribution in [2.45, 2.75) is 31.6 Å². The van der Waals surface area contributed by atoms with Gasteiger partial charge < -0.3 is 0 Å². The van der Waals surface area contributed by atoms with Crippen LogP contribution in [0.5, 0.6) is 0 Å². The van der Waals surface area contributed by atoms with E-state index in [-0.39, 0.29) is 17.4 Å². The molecule has 0 radical (unpaired) electrons. The van der Waals surface area contributed by atoms with Crippen molar-refractivity contribution in [1.29, 1.82) is 0 Å². The molecule has 110 valence electrons. The Morgan fingerprint density at radius 2 is 1.45 bits per heavy atom. The average Bonchev–Trinajstić information content (AvgIpc) is 3.05. The molecule has 1 nitrogen and oxygen atoms in total. The van der Waals surface area contributed by atoms with E-state index in [1.54, 1.807) is 0 Å². The zero-order valence-electron chi connectivity index (χ0n) is 10.3. The predicted octanol–water partition coefficient (Wildman–Crippen LogP) is 4.42. The van der Waals surface area contributed by atoms with E-state index in [4.69, 9.17) is 0 Å². The van der Waals surface area contributed by atoms with Crippen LogP contribution in [-0.2, 0) is 17.1 Å². The summed E-state index contributed by atoms with van der Waals surface area (Å²) < 4.78 is 75.8. The van der Waals surface area contributed by atoms with Gasteiger partial charge in [-0.2, -0.15) is 26.3 Å². The standard InChI is InChI=1S/C13H10F6O/c1-6(20)10-5-11(10)7-2-8(12(14,15)16)4-9(3-7)13(17,18)19/h2-4,10-11H,5H2,1H3. The Kier molecular flexibility index (Phi) is 3.34. The number of carbonyl (C=O) groups excluding carboxylic acids is 1. The molecular weight excluding hydrogens is 286 g/mol. The molecule has 0 spiro atoms. The van der Waals surface area contributed by atoms with Gasteiger partial charge in [0.15, 0.2) is 0 Å². The molecule has 1 aliphatic rings. The van der Waals surface area contributed by atoms with Crippen LogP contribution in [-0.4, -0.2) is 5.78 Å². The fraction of sp³-hybridized carbons (Fsp3) is 0.462. The van der Waals surface area contributed by atoms with E-state index in [2.05, 4.69) is 0 Å². The average molecular weight is 296 g/mol. The van der Waals surface area contributed by atoms with E-state index in [1.807, 2.05) is 0 Å². The second kappa shape index (κ2) is 4.49. The zero-order chi connectivity index (χ0) is 15.3. The highest BCUT2D eigenvalue weighted by Gasteiger charge is 2.44. The van der Waals surface area contributed by atoms with Crippen LogP contribution in [0.25, 0.3) is 0 Å². The van der Waals surface area contributed by atoms with E-state index < -0.39 is 35.3 Å². The lowest BCUT2D eigenvalue weighted by molar-refractivity contribution is -0.143. The lowest BCUT2D eigenvalue weighted by Gasteiger charge is -2.14. The van der Waals surface area contributed by atoms with Crippen LogP contribution in [0.2, 0.25) is 0 Å². The number of ketones is 1. The molecule has 2 rings (SSSR count). The lowest BCUT2D eigenvalue weighted by Crippen LogP contribution is -2.12. The molecule has 1 fully saturated rings. The number of Topliss-reactive ketones (excluding diaryl/α,β-unsaturated/α-hetero) is 1. The summed E-state index contributed by atoms with van der Waals surface area (Å²) in [6, 6.07) is 1.49. The van der Waals surface area contributed by atoms with Gasteiger partial charge in [-0.15, -0.1) is 0 Å². The Morgan fingerprint density at radius 3 is 1.75 bits per heavy atom. The molecule has 0 aromatic heterocycles. The van der Waals surface area contributed by atoms with Crippen molar-refractivity contribution in [3.8, 4) is 0 Å². The molecule has 0 aliphatic heterocycles. The third-order valence-electron chi connectivity index (χ3n) is 3.35. The second-order valence-electron chi connectivity index (χ2n) is 4.90. The third-order valence-corrected chi connectivity index (χ3v) is 3.35. The van der Waals surface area contributed by atoms with Crippen LogP contribution < -0.4 is 0 Å². The van der Waals surface area contributed by atoms with E-state index in [1.165, 1.54) is 6.92 Å². The summed E-state index contributed by atoms with van der Waals surface area (Å²) in [5.41, 5.74) is -2.75. The monoisotopic (exact) mass is 296 g/mol. The number of hydrogen-bond donors (Lipinski definition) is 0. The highest BCUT2D eigenvalue weighted by molar-refractivity contribution is 5.82. The fourth-order valence-electron chi connectivity index (χ4n) is 2.21. The first-order valence-corrected chi connectivity index (χ1v) is 5.80. The zero-order valence-corrected chi connectivity index (χ0v) is 10.3. The third kappa shape index (κ3) is 2.96. The van der Waals surface area contributed by atoms with E-state index >= 15 is 0 Å². The number of alkyl halides is 6. The summed E-state index contributed by atoms with van der Waals surface area (Å²) in [4.78, 5) is 11.1. The molecule has 1 aliphatic carbocycles. The second-order valence-corrected chi connectivity index (χ2v) is 4.90. The number of benzene rings is 1. The maximum Gasteiger partial charge on any atom is 0.416 e. The Bertz CT molecular complexity index is 511. The van der Waals surface area contributed by atoms with E-state index in [0.29, 0.717) is 18.6 Å². The van der Waals surface area contributed by atoms with Crippen LogP contribution in [0, 0.1) is 5.92 Å². The summed E-state index contributed by atoms with van der Waals surface area (Å²) in [7, 11) is 0. The largest absolute Gasteiger partial charge is 0.416 e. The van der Waals surface area contributed by atoms with Gasteiger partial charge in [0.25, 0.3) is 0 Å². The molecule has 0 bridgehead atoms. The predicted molar refractivity (Wildman–Crippen MR) is 58.0 cm³/mol. The normalized spacial score (nSPS) is 22.8. The van der Waals surface area contributed by atoms with Gasteiger partial charge in [0, 0.05) is 5.92 Å². The van der Waals surface area contributed by atoms with E-state index in [9.17, 15) is 31.1 Å². The van der Waals surface area contributed by atoms with Gasteiger partial charge in [-0.05, 0) is 43.0 Å². The van der Waals surface area contributed by atoms with Gasteiger partial charge in [-0.1, -0.05) is 0 Å². The minimum Gasteiger partial charge on any atom is -0.300 e. The minimum absolute atomic E-state index is 0.0765. The SMILES string of the molecule is CC(=O)C1CC1c1cc(C(F)(F)F)cc(C(F)(F)F)c1. The molecule has 7 heteroatoms. The first kappa shape index (κ1) is 14.9. The van der Waals surface area contributed by atoms with Crippen molar-refractivity contribution in [2.24, 2.45) is 5.92 Å². The smallest absolute Gasteiger partial charge is 0.300 e. The first-order chi connectivity index (χ1) is 9.00. The Morgan fingerprint density at radius 1 is 1.00 bits per heavy atom. The quantitative estimate of drug-likeness (QED) is 0.738. The first-order valence-electron chi connectivity index (χ1n) is 5.80. The molecule has 1 saturated carbocycles.